The van der Waals surface area contributed by atoms with Crippen molar-refractivity contribution in [3.8, 4) is 16.9 Å². The number of halogens is 1. The van der Waals surface area contributed by atoms with E-state index in [1.807, 2.05) is 31.3 Å². The molecule has 0 spiro atoms. The summed E-state index contributed by atoms with van der Waals surface area (Å²) in [5.74, 6) is -0.0784. The van der Waals surface area contributed by atoms with Crippen molar-refractivity contribution in [1.82, 2.24) is 9.88 Å². The average Bonchev–Trinajstić information content (AvgIpc) is 3.58. The first kappa shape index (κ1) is 21.4. The Labute approximate surface area is 192 Å². The van der Waals surface area contributed by atoms with Gasteiger partial charge >= 0.3 is 5.97 Å². The fraction of sp³-hybridized carbons (Fsp3) is 0.308. The number of ether oxygens (including phenoxy) is 1. The number of hydrogen-bond acceptors (Lipinski definition) is 5. The minimum absolute atomic E-state index is 0.0685. The predicted molar refractivity (Wildman–Crippen MR) is 124 cm³/mol. The van der Waals surface area contributed by atoms with Crippen LogP contribution in [0.15, 0.2) is 54.9 Å². The van der Waals surface area contributed by atoms with E-state index in [9.17, 15) is 14.3 Å². The van der Waals surface area contributed by atoms with Gasteiger partial charge in [0.2, 0.25) is 0 Å². The summed E-state index contributed by atoms with van der Waals surface area (Å²) in [7, 11) is 2.03. The number of pyridine rings is 1. The van der Waals surface area contributed by atoms with E-state index in [0.29, 0.717) is 36.1 Å². The van der Waals surface area contributed by atoms with E-state index >= 15 is 0 Å². The van der Waals surface area contributed by atoms with Gasteiger partial charge in [-0.15, -0.1) is 0 Å². The number of carboxylic acid groups (broad SMARTS) is 1. The van der Waals surface area contributed by atoms with Gasteiger partial charge in [-0.05, 0) is 66.8 Å². The molecule has 1 aliphatic carbocycles. The molecule has 2 heterocycles. The maximum absolute atomic E-state index is 14.8. The van der Waals surface area contributed by atoms with E-state index in [1.54, 1.807) is 6.07 Å². The zero-order chi connectivity index (χ0) is 22.9. The Morgan fingerprint density at radius 3 is 2.85 bits per heavy atom. The number of carbonyl (C=O) groups is 1. The Kier molecular flexibility index (Phi) is 5.72. The highest BCUT2D eigenvalue weighted by atomic mass is 19.1. The van der Waals surface area contributed by atoms with Crippen molar-refractivity contribution >= 4 is 11.7 Å². The Morgan fingerprint density at radius 1 is 1.24 bits per heavy atom. The Morgan fingerprint density at radius 2 is 2.09 bits per heavy atom. The number of nitrogens with one attached hydrogen (secondary N) is 1. The molecule has 6 nitrogen and oxygen atoms in total. The van der Waals surface area contributed by atoms with Gasteiger partial charge in [-0.1, -0.05) is 12.1 Å². The molecule has 33 heavy (non-hydrogen) atoms. The number of fused-ring (bicyclic) bond motifs is 1. The zero-order valence-corrected chi connectivity index (χ0v) is 18.4. The van der Waals surface area contributed by atoms with Crippen molar-refractivity contribution in [2.45, 2.75) is 25.4 Å². The number of anilines is 1. The number of nitrogens with zero attached hydrogens (tertiary/aromatic N) is 2. The summed E-state index contributed by atoms with van der Waals surface area (Å²) in [5, 5.41) is 12.6. The van der Waals surface area contributed by atoms with Crippen LogP contribution in [0.4, 0.5) is 10.1 Å². The monoisotopic (exact) mass is 447 g/mol. The van der Waals surface area contributed by atoms with Crippen molar-refractivity contribution in [3.63, 3.8) is 0 Å². The lowest BCUT2D eigenvalue weighted by Gasteiger charge is -2.22. The third-order valence-corrected chi connectivity index (χ3v) is 6.43. The number of rotatable bonds is 8. The summed E-state index contributed by atoms with van der Waals surface area (Å²) in [6.45, 7) is 1.93. The lowest BCUT2D eigenvalue weighted by atomic mass is 9.97. The standard InChI is InChI=1S/C26H26FN3O3/c1-30-14-18-10-17(20-7-5-19(11-23(20)27)33-15-16-2-3-16)4-6-21(18)25(30)13-29-24-12-28-9-8-22(24)26(31)32/h4-12,16,25,29H,2-3,13-15H2,1H3,(H,31,32)/t25-/m1/s1. The average molecular weight is 448 g/mol. The van der Waals surface area contributed by atoms with Gasteiger partial charge in [-0.25, -0.2) is 9.18 Å². The fourth-order valence-corrected chi connectivity index (χ4v) is 4.36. The van der Waals surface area contributed by atoms with Crippen LogP contribution >= 0.6 is 0 Å². The van der Waals surface area contributed by atoms with Gasteiger partial charge < -0.3 is 15.2 Å². The van der Waals surface area contributed by atoms with Gasteiger partial charge in [-0.3, -0.25) is 9.88 Å². The molecular formula is C26H26FN3O3. The van der Waals surface area contributed by atoms with Crippen LogP contribution in [0, 0.1) is 11.7 Å². The van der Waals surface area contributed by atoms with Crippen molar-refractivity contribution in [2.24, 2.45) is 5.92 Å². The second-order valence-corrected chi connectivity index (χ2v) is 8.85. The molecule has 170 valence electrons. The third kappa shape index (κ3) is 4.54. The largest absolute Gasteiger partial charge is 0.493 e. The van der Waals surface area contributed by atoms with Crippen molar-refractivity contribution in [2.75, 3.05) is 25.5 Å². The van der Waals surface area contributed by atoms with E-state index in [2.05, 4.69) is 15.2 Å². The Bertz CT molecular complexity index is 1200. The summed E-state index contributed by atoms with van der Waals surface area (Å²) in [5.41, 5.74) is 4.37. The van der Waals surface area contributed by atoms with E-state index in [1.165, 1.54) is 37.4 Å². The maximum Gasteiger partial charge on any atom is 0.337 e. The molecule has 2 aromatic carbocycles. The fourth-order valence-electron chi connectivity index (χ4n) is 4.36. The van der Waals surface area contributed by atoms with Crippen molar-refractivity contribution in [3.05, 3.63) is 77.4 Å². The lowest BCUT2D eigenvalue weighted by molar-refractivity contribution is 0.0697. The Balaban J connectivity index is 1.32. The number of benzene rings is 2. The number of hydrogen-bond donors (Lipinski definition) is 2. The quantitative estimate of drug-likeness (QED) is 0.508. The lowest BCUT2D eigenvalue weighted by Crippen LogP contribution is -2.24. The number of carboxylic acids is 1. The highest BCUT2D eigenvalue weighted by Gasteiger charge is 2.28. The van der Waals surface area contributed by atoms with Crippen LogP contribution < -0.4 is 10.1 Å². The van der Waals surface area contributed by atoms with Crippen LogP contribution in [-0.4, -0.2) is 41.2 Å². The minimum Gasteiger partial charge on any atom is -0.493 e. The molecule has 0 radical (unpaired) electrons. The van der Waals surface area contributed by atoms with Crippen LogP contribution in [0.3, 0.4) is 0 Å². The van der Waals surface area contributed by atoms with Crippen LogP contribution in [0.2, 0.25) is 0 Å². The smallest absolute Gasteiger partial charge is 0.337 e. The Hall–Kier alpha value is -3.45. The van der Waals surface area contributed by atoms with Crippen LogP contribution in [-0.2, 0) is 6.54 Å². The number of aromatic nitrogens is 1. The SMILES string of the molecule is CN1Cc2cc(-c3ccc(OCC4CC4)cc3F)ccc2[C@H]1CNc1cnccc1C(=O)O. The van der Waals surface area contributed by atoms with Crippen LogP contribution in [0.1, 0.15) is 40.4 Å². The summed E-state index contributed by atoms with van der Waals surface area (Å²) in [6.07, 6.45) is 5.40. The van der Waals surface area contributed by atoms with Crippen LogP contribution in [0.25, 0.3) is 11.1 Å². The summed E-state index contributed by atoms with van der Waals surface area (Å²) >= 11 is 0. The molecule has 1 aliphatic heterocycles. The summed E-state index contributed by atoms with van der Waals surface area (Å²) in [6, 6.07) is 12.7. The van der Waals surface area contributed by atoms with Crippen molar-refractivity contribution in [1.29, 1.82) is 0 Å². The minimum atomic E-state index is -0.990. The van der Waals surface area contributed by atoms with Gasteiger partial charge in [0, 0.05) is 30.9 Å². The molecule has 1 saturated carbocycles. The molecule has 1 atom stereocenters. The molecular weight excluding hydrogens is 421 g/mol. The molecule has 0 saturated heterocycles. The van der Waals surface area contributed by atoms with Gasteiger partial charge in [-0.2, -0.15) is 0 Å². The van der Waals surface area contributed by atoms with Crippen LogP contribution in [0.5, 0.6) is 5.75 Å². The molecule has 0 unspecified atom stereocenters. The van der Waals surface area contributed by atoms with E-state index in [-0.39, 0.29) is 17.4 Å². The third-order valence-electron chi connectivity index (χ3n) is 6.43. The van der Waals surface area contributed by atoms with Gasteiger partial charge in [0.25, 0.3) is 0 Å². The molecule has 2 N–H and O–H groups in total. The topological polar surface area (TPSA) is 74.7 Å². The van der Waals surface area contributed by atoms with E-state index in [4.69, 9.17) is 4.74 Å². The van der Waals surface area contributed by atoms with Gasteiger partial charge in [0.15, 0.2) is 0 Å². The second kappa shape index (κ2) is 8.83. The van der Waals surface area contributed by atoms with Gasteiger partial charge in [0.1, 0.15) is 11.6 Å². The number of likely N-dealkylation sites (N-methyl/N-ethyl adjacent to an activating group) is 1. The number of aromatic carboxylic acids is 1. The summed E-state index contributed by atoms with van der Waals surface area (Å²) < 4.78 is 20.5. The molecule has 0 bridgehead atoms. The van der Waals surface area contributed by atoms with E-state index in [0.717, 1.165) is 23.2 Å². The second-order valence-electron chi connectivity index (χ2n) is 8.85. The molecule has 1 aromatic heterocycles. The predicted octanol–water partition coefficient (Wildman–Crippen LogP) is 4.97. The molecule has 7 heteroatoms. The van der Waals surface area contributed by atoms with Crippen molar-refractivity contribution < 1.29 is 19.0 Å². The molecule has 2 aliphatic rings. The first-order valence-electron chi connectivity index (χ1n) is 11.2. The van der Waals surface area contributed by atoms with E-state index < -0.39 is 5.97 Å². The first-order chi connectivity index (χ1) is 16.0. The highest BCUT2D eigenvalue weighted by Crippen LogP contribution is 2.37. The summed E-state index contributed by atoms with van der Waals surface area (Å²) in [4.78, 5) is 17.7. The first-order valence-corrected chi connectivity index (χ1v) is 11.2. The molecule has 3 aromatic rings. The molecule has 0 amide bonds. The maximum atomic E-state index is 14.8. The van der Waals surface area contributed by atoms with Gasteiger partial charge in [0.05, 0.1) is 30.1 Å². The zero-order valence-electron chi connectivity index (χ0n) is 18.4. The highest BCUT2D eigenvalue weighted by molar-refractivity contribution is 5.93. The molecule has 1 fully saturated rings. The molecule has 5 rings (SSSR count). The normalized spacial score (nSPS) is 17.6.